The summed E-state index contributed by atoms with van der Waals surface area (Å²) in [5.41, 5.74) is 4.03. The van der Waals surface area contributed by atoms with E-state index >= 15 is 0 Å². The number of amides is 1. The van der Waals surface area contributed by atoms with Crippen LogP contribution in [0.2, 0.25) is 4.34 Å². The molecule has 1 rings (SSSR count). The number of hydrogen-bond acceptors (Lipinski definition) is 2. The average molecular weight is 180 g/mol. The second kappa shape index (κ2) is 5.08. The average Bonchev–Trinajstić information content (AvgIpc) is 2.15. The largest absolute Gasteiger partial charge is 0.465 e. The third-order valence-electron chi connectivity index (χ3n) is 0.486. The van der Waals surface area contributed by atoms with E-state index in [1.54, 1.807) is 11.3 Å². The Labute approximate surface area is 67.0 Å². The third kappa shape index (κ3) is 7.26. The molecule has 0 aromatic carbocycles. The normalized spacial score (nSPS) is 7.70. The lowest BCUT2D eigenvalue weighted by Crippen LogP contribution is -2.03. The molecule has 1 aromatic rings. The molecule has 1 aromatic heterocycles. The summed E-state index contributed by atoms with van der Waals surface area (Å²) in [5, 5.41) is 9.14. The SMILES string of the molecule is Clc1cccs1.NC(=O)O. The molecule has 0 bridgehead atoms. The first-order chi connectivity index (χ1) is 4.63. The fourth-order valence-corrected chi connectivity index (χ4v) is 0.930. The van der Waals surface area contributed by atoms with Crippen LogP contribution in [0.4, 0.5) is 4.79 Å². The maximum Gasteiger partial charge on any atom is 0.402 e. The lowest BCUT2D eigenvalue weighted by molar-refractivity contribution is 0.205. The molecule has 1 heterocycles. The minimum absolute atomic E-state index is 0.856. The van der Waals surface area contributed by atoms with Gasteiger partial charge in [0.25, 0.3) is 0 Å². The van der Waals surface area contributed by atoms with Gasteiger partial charge >= 0.3 is 6.09 Å². The van der Waals surface area contributed by atoms with Gasteiger partial charge in [0.05, 0.1) is 4.34 Å². The first-order valence-electron chi connectivity index (χ1n) is 2.30. The van der Waals surface area contributed by atoms with Crippen LogP contribution in [0.3, 0.4) is 0 Å². The first kappa shape index (κ1) is 9.26. The van der Waals surface area contributed by atoms with E-state index < -0.39 is 6.09 Å². The number of nitrogens with two attached hydrogens (primary N) is 1. The maximum atomic E-state index is 8.78. The Hall–Kier alpha value is -0.740. The molecule has 0 aliphatic rings. The topological polar surface area (TPSA) is 63.3 Å². The molecule has 0 radical (unpaired) electrons. The minimum atomic E-state index is -1.33. The summed E-state index contributed by atoms with van der Waals surface area (Å²) in [6.45, 7) is 0. The van der Waals surface area contributed by atoms with E-state index in [1.807, 2.05) is 17.5 Å². The fraction of sp³-hybridized carbons (Fsp3) is 0. The van der Waals surface area contributed by atoms with Gasteiger partial charge in [-0.2, -0.15) is 0 Å². The molecular formula is C5H6ClNO2S. The standard InChI is InChI=1S/C4H3ClS.CH3NO2/c5-4-2-1-3-6-4;2-1(3)4/h1-3H;2H2,(H,3,4). The van der Waals surface area contributed by atoms with Crippen LogP contribution in [0.25, 0.3) is 0 Å². The zero-order chi connectivity index (χ0) is 7.98. The predicted octanol–water partition coefficient (Wildman–Crippen LogP) is 2.02. The Bertz CT molecular complexity index is 184. The maximum absolute atomic E-state index is 8.78. The van der Waals surface area contributed by atoms with Gasteiger partial charge in [0.1, 0.15) is 0 Å². The minimum Gasteiger partial charge on any atom is -0.465 e. The van der Waals surface area contributed by atoms with Gasteiger partial charge in [-0.25, -0.2) is 4.79 Å². The number of primary amides is 1. The molecule has 0 fully saturated rings. The van der Waals surface area contributed by atoms with Crippen LogP contribution in [0, 0.1) is 0 Å². The first-order valence-corrected chi connectivity index (χ1v) is 3.56. The van der Waals surface area contributed by atoms with Gasteiger partial charge in [0.15, 0.2) is 0 Å². The molecule has 0 unspecified atom stereocenters. The molecule has 0 saturated carbocycles. The Morgan fingerprint density at radius 3 is 2.40 bits per heavy atom. The smallest absolute Gasteiger partial charge is 0.402 e. The number of thiophene rings is 1. The summed E-state index contributed by atoms with van der Waals surface area (Å²) in [5.74, 6) is 0. The Kier molecular flexibility index (Phi) is 4.70. The summed E-state index contributed by atoms with van der Waals surface area (Å²) in [7, 11) is 0. The molecule has 56 valence electrons. The number of carbonyl (C=O) groups is 1. The highest BCUT2D eigenvalue weighted by Crippen LogP contribution is 2.13. The van der Waals surface area contributed by atoms with Crippen LogP contribution in [-0.4, -0.2) is 11.2 Å². The second-order valence-corrected chi connectivity index (χ2v) is 2.83. The fourth-order valence-electron chi connectivity index (χ4n) is 0.259. The number of rotatable bonds is 0. The van der Waals surface area contributed by atoms with Crippen molar-refractivity contribution in [1.29, 1.82) is 0 Å². The lowest BCUT2D eigenvalue weighted by Gasteiger charge is -1.62. The number of carboxylic acid groups (broad SMARTS) is 1. The molecule has 1 amide bonds. The Morgan fingerprint density at radius 1 is 1.80 bits per heavy atom. The Morgan fingerprint density at radius 2 is 2.30 bits per heavy atom. The van der Waals surface area contributed by atoms with E-state index in [9.17, 15) is 0 Å². The van der Waals surface area contributed by atoms with Crippen molar-refractivity contribution in [2.75, 3.05) is 0 Å². The monoisotopic (exact) mass is 179 g/mol. The summed E-state index contributed by atoms with van der Waals surface area (Å²) in [6, 6.07) is 3.79. The van der Waals surface area contributed by atoms with Gasteiger partial charge in [-0.05, 0) is 17.5 Å². The van der Waals surface area contributed by atoms with Crippen LogP contribution in [0.15, 0.2) is 17.5 Å². The van der Waals surface area contributed by atoms with E-state index in [0.29, 0.717) is 0 Å². The molecule has 0 spiro atoms. The molecule has 10 heavy (non-hydrogen) atoms. The quantitative estimate of drug-likeness (QED) is 0.640. The van der Waals surface area contributed by atoms with Crippen molar-refractivity contribution in [3.8, 4) is 0 Å². The molecule has 0 saturated heterocycles. The van der Waals surface area contributed by atoms with Crippen molar-refractivity contribution >= 4 is 29.0 Å². The molecule has 5 heteroatoms. The van der Waals surface area contributed by atoms with Gasteiger partial charge < -0.3 is 10.8 Å². The second-order valence-electron chi connectivity index (χ2n) is 1.26. The van der Waals surface area contributed by atoms with Crippen LogP contribution in [0.1, 0.15) is 0 Å². The van der Waals surface area contributed by atoms with Crippen LogP contribution >= 0.6 is 22.9 Å². The van der Waals surface area contributed by atoms with Gasteiger partial charge in [0.2, 0.25) is 0 Å². The summed E-state index contributed by atoms with van der Waals surface area (Å²) >= 11 is 7.02. The zero-order valence-corrected chi connectivity index (χ0v) is 6.52. The van der Waals surface area contributed by atoms with E-state index in [2.05, 4.69) is 5.73 Å². The highest BCUT2D eigenvalue weighted by Gasteiger charge is 1.77. The molecule has 3 N–H and O–H groups in total. The molecule has 3 nitrogen and oxygen atoms in total. The van der Waals surface area contributed by atoms with Crippen molar-refractivity contribution in [3.05, 3.63) is 21.8 Å². The third-order valence-corrected chi connectivity index (χ3v) is 1.53. The van der Waals surface area contributed by atoms with Crippen LogP contribution in [-0.2, 0) is 0 Å². The van der Waals surface area contributed by atoms with E-state index in [-0.39, 0.29) is 0 Å². The van der Waals surface area contributed by atoms with Crippen molar-refractivity contribution < 1.29 is 9.90 Å². The lowest BCUT2D eigenvalue weighted by atomic mass is 10.7. The highest BCUT2D eigenvalue weighted by atomic mass is 35.5. The molecular weight excluding hydrogens is 174 g/mol. The van der Waals surface area contributed by atoms with Crippen molar-refractivity contribution in [3.63, 3.8) is 0 Å². The van der Waals surface area contributed by atoms with E-state index in [4.69, 9.17) is 21.5 Å². The predicted molar refractivity (Wildman–Crippen MR) is 41.5 cm³/mol. The van der Waals surface area contributed by atoms with Crippen molar-refractivity contribution in [2.24, 2.45) is 5.73 Å². The van der Waals surface area contributed by atoms with Crippen molar-refractivity contribution in [1.82, 2.24) is 0 Å². The molecule has 0 aliphatic heterocycles. The van der Waals surface area contributed by atoms with Crippen molar-refractivity contribution in [2.45, 2.75) is 0 Å². The summed E-state index contributed by atoms with van der Waals surface area (Å²) in [4.78, 5) is 8.78. The molecule has 0 atom stereocenters. The van der Waals surface area contributed by atoms with E-state index in [0.717, 1.165) is 4.34 Å². The number of halogens is 1. The number of hydrogen-bond donors (Lipinski definition) is 2. The van der Waals surface area contributed by atoms with Gasteiger partial charge in [-0.15, -0.1) is 11.3 Å². The van der Waals surface area contributed by atoms with Gasteiger partial charge in [-0.1, -0.05) is 11.6 Å². The summed E-state index contributed by atoms with van der Waals surface area (Å²) in [6.07, 6.45) is -1.33. The van der Waals surface area contributed by atoms with Gasteiger partial charge in [-0.3, -0.25) is 0 Å². The Balaban J connectivity index is 0.000000180. The molecule has 0 aliphatic carbocycles. The van der Waals surface area contributed by atoms with E-state index in [1.165, 1.54) is 0 Å². The highest BCUT2D eigenvalue weighted by molar-refractivity contribution is 7.14. The van der Waals surface area contributed by atoms with Gasteiger partial charge in [0, 0.05) is 0 Å². The zero-order valence-electron chi connectivity index (χ0n) is 4.95. The summed E-state index contributed by atoms with van der Waals surface area (Å²) < 4.78 is 0.856. The van der Waals surface area contributed by atoms with Crippen LogP contribution in [0.5, 0.6) is 0 Å². The van der Waals surface area contributed by atoms with Crippen LogP contribution < -0.4 is 5.73 Å².